The molecule has 0 aliphatic carbocycles. The van der Waals surface area contributed by atoms with Crippen molar-refractivity contribution in [3.05, 3.63) is 89.2 Å². The summed E-state index contributed by atoms with van der Waals surface area (Å²) in [7, 11) is 0. The first-order valence-electron chi connectivity index (χ1n) is 10.2. The number of benzene rings is 2. The summed E-state index contributed by atoms with van der Waals surface area (Å²) < 4.78 is 7.03. The van der Waals surface area contributed by atoms with E-state index in [1.165, 1.54) is 23.1 Å². The summed E-state index contributed by atoms with van der Waals surface area (Å²) in [5, 5.41) is 7.96. The van der Waals surface area contributed by atoms with Crippen LogP contribution >= 0.6 is 23.1 Å². The number of anilines is 1. The summed E-state index contributed by atoms with van der Waals surface area (Å²) in [6.07, 6.45) is 3.22. The molecule has 5 rings (SSSR count). The van der Waals surface area contributed by atoms with Gasteiger partial charge in [0.2, 0.25) is 5.91 Å². The van der Waals surface area contributed by atoms with Crippen LogP contribution in [0, 0.1) is 0 Å². The number of nitrogens with one attached hydrogen (secondary N) is 1. The molecule has 0 saturated carbocycles. The van der Waals surface area contributed by atoms with Gasteiger partial charge in [0.1, 0.15) is 10.6 Å². The zero-order chi connectivity index (χ0) is 22.8. The highest BCUT2D eigenvalue weighted by Gasteiger charge is 2.19. The lowest BCUT2D eigenvalue weighted by Crippen LogP contribution is -2.23. The molecule has 8 heteroatoms. The van der Waals surface area contributed by atoms with Crippen LogP contribution in [0.15, 0.2) is 93.3 Å². The first-order chi connectivity index (χ1) is 16.1. The average Bonchev–Trinajstić information content (AvgIpc) is 3.50. The predicted octanol–water partition coefficient (Wildman–Crippen LogP) is 5.79. The molecule has 6 nitrogen and oxygen atoms in total. The molecule has 0 unspecified atom stereocenters. The third kappa shape index (κ3) is 4.22. The van der Waals surface area contributed by atoms with Gasteiger partial charge >= 0.3 is 0 Å². The van der Waals surface area contributed by atoms with Gasteiger partial charge in [0.25, 0.3) is 5.56 Å². The molecular weight excluding hydrogens is 454 g/mol. The molecule has 0 fully saturated rings. The minimum absolute atomic E-state index is 0.123. The van der Waals surface area contributed by atoms with E-state index in [1.807, 2.05) is 53.9 Å². The number of fused-ring (bicyclic) bond motifs is 2. The summed E-state index contributed by atoms with van der Waals surface area (Å²) >= 11 is 2.61. The van der Waals surface area contributed by atoms with Crippen molar-refractivity contribution >= 4 is 55.7 Å². The Labute approximate surface area is 197 Å². The monoisotopic (exact) mass is 473 g/mol. The van der Waals surface area contributed by atoms with E-state index < -0.39 is 0 Å². The van der Waals surface area contributed by atoms with Gasteiger partial charge in [0.05, 0.1) is 17.4 Å². The number of hydrogen-bond donors (Lipinski definition) is 1. The summed E-state index contributed by atoms with van der Waals surface area (Å²) in [6.45, 7) is 4.06. The van der Waals surface area contributed by atoms with Gasteiger partial charge in [0, 0.05) is 23.2 Å². The number of furan rings is 1. The van der Waals surface area contributed by atoms with Crippen LogP contribution in [-0.2, 0) is 11.3 Å². The van der Waals surface area contributed by atoms with Crippen LogP contribution in [0.3, 0.4) is 0 Å². The van der Waals surface area contributed by atoms with Crippen molar-refractivity contribution in [1.82, 2.24) is 9.55 Å². The minimum Gasteiger partial charge on any atom is -0.464 e. The molecule has 3 aromatic heterocycles. The van der Waals surface area contributed by atoms with Crippen LogP contribution in [0.4, 0.5) is 5.69 Å². The number of amides is 1. The van der Waals surface area contributed by atoms with Gasteiger partial charge in [-0.15, -0.1) is 17.9 Å². The maximum absolute atomic E-state index is 13.3. The Morgan fingerprint density at radius 1 is 1.18 bits per heavy atom. The molecule has 0 bridgehead atoms. The lowest BCUT2D eigenvalue weighted by molar-refractivity contribution is -0.113. The zero-order valence-corrected chi connectivity index (χ0v) is 19.1. The van der Waals surface area contributed by atoms with E-state index in [0.717, 1.165) is 22.0 Å². The second-order valence-electron chi connectivity index (χ2n) is 7.30. The minimum atomic E-state index is -0.176. The number of allylic oxidation sites excluding steroid dienone is 1. The first-order valence-corrected chi connectivity index (χ1v) is 12.1. The molecule has 1 N–H and O–H groups in total. The van der Waals surface area contributed by atoms with E-state index in [1.54, 1.807) is 23.0 Å². The molecule has 2 aromatic carbocycles. The fourth-order valence-corrected chi connectivity index (χ4v) is 5.39. The maximum Gasteiger partial charge on any atom is 0.263 e. The van der Waals surface area contributed by atoms with Crippen LogP contribution in [0.25, 0.3) is 32.3 Å². The van der Waals surface area contributed by atoms with Crippen LogP contribution in [0.5, 0.6) is 0 Å². The summed E-state index contributed by atoms with van der Waals surface area (Å²) in [6, 6.07) is 17.4. The van der Waals surface area contributed by atoms with Crippen LogP contribution < -0.4 is 10.9 Å². The maximum atomic E-state index is 13.3. The molecule has 5 aromatic rings. The van der Waals surface area contributed by atoms with E-state index in [-0.39, 0.29) is 17.2 Å². The number of hydrogen-bond acceptors (Lipinski definition) is 6. The number of carbonyl (C=O) groups excluding carboxylic acids is 1. The molecule has 0 aliphatic heterocycles. The third-order valence-electron chi connectivity index (χ3n) is 5.12. The summed E-state index contributed by atoms with van der Waals surface area (Å²) in [5.41, 5.74) is 1.28. The standard InChI is InChI=1S/C25H19N3O3S2/c1-2-11-28-24(30)22-19(20-8-5-12-31-20)14-32-23(22)27-25(28)33-15-21(29)26-18-10-9-16-6-3-4-7-17(16)13-18/h2-10,12-14H,1,11,15H2,(H,26,29). The van der Waals surface area contributed by atoms with E-state index in [0.29, 0.717) is 27.7 Å². The van der Waals surface area contributed by atoms with Gasteiger partial charge in [-0.2, -0.15) is 0 Å². The highest BCUT2D eigenvalue weighted by atomic mass is 32.2. The molecule has 0 saturated heterocycles. The van der Waals surface area contributed by atoms with Crippen molar-refractivity contribution in [2.24, 2.45) is 0 Å². The summed E-state index contributed by atoms with van der Waals surface area (Å²) in [5.74, 6) is 0.580. The quantitative estimate of drug-likeness (QED) is 0.184. The second kappa shape index (κ2) is 9.09. The molecule has 33 heavy (non-hydrogen) atoms. The molecular formula is C25H19N3O3S2. The van der Waals surface area contributed by atoms with E-state index >= 15 is 0 Å². The Morgan fingerprint density at radius 2 is 2.03 bits per heavy atom. The lowest BCUT2D eigenvalue weighted by Gasteiger charge is -2.11. The molecule has 3 heterocycles. The van der Waals surface area contributed by atoms with Crippen molar-refractivity contribution in [3.8, 4) is 11.3 Å². The zero-order valence-electron chi connectivity index (χ0n) is 17.5. The Morgan fingerprint density at radius 3 is 2.82 bits per heavy atom. The predicted molar refractivity (Wildman–Crippen MR) is 135 cm³/mol. The topological polar surface area (TPSA) is 77.1 Å². The van der Waals surface area contributed by atoms with Crippen molar-refractivity contribution < 1.29 is 9.21 Å². The highest BCUT2D eigenvalue weighted by Crippen LogP contribution is 2.32. The van der Waals surface area contributed by atoms with E-state index in [4.69, 9.17) is 4.42 Å². The fourth-order valence-electron chi connectivity index (χ4n) is 3.61. The van der Waals surface area contributed by atoms with Gasteiger partial charge in [-0.1, -0.05) is 48.2 Å². The SMILES string of the molecule is C=CCn1c(SCC(=O)Nc2ccc3ccccc3c2)nc2scc(-c3ccco3)c2c1=O. The van der Waals surface area contributed by atoms with Crippen LogP contribution in [0.1, 0.15) is 0 Å². The van der Waals surface area contributed by atoms with Crippen molar-refractivity contribution in [3.63, 3.8) is 0 Å². The molecule has 0 spiro atoms. The Hall–Kier alpha value is -3.62. The largest absolute Gasteiger partial charge is 0.464 e. The number of thioether (sulfide) groups is 1. The number of aromatic nitrogens is 2. The average molecular weight is 474 g/mol. The van der Waals surface area contributed by atoms with Crippen molar-refractivity contribution in [2.75, 3.05) is 11.1 Å². The highest BCUT2D eigenvalue weighted by molar-refractivity contribution is 7.99. The smallest absolute Gasteiger partial charge is 0.263 e. The molecule has 164 valence electrons. The number of carbonyl (C=O) groups is 1. The van der Waals surface area contributed by atoms with E-state index in [2.05, 4.69) is 16.9 Å². The van der Waals surface area contributed by atoms with Gasteiger partial charge in [-0.3, -0.25) is 14.2 Å². The fraction of sp³-hybridized carbons (Fsp3) is 0.0800. The lowest BCUT2D eigenvalue weighted by atomic mass is 10.1. The van der Waals surface area contributed by atoms with Crippen molar-refractivity contribution in [1.29, 1.82) is 0 Å². The third-order valence-corrected chi connectivity index (χ3v) is 6.97. The molecule has 0 atom stereocenters. The Bertz CT molecular complexity index is 1530. The molecule has 0 aliphatic rings. The first kappa shape index (κ1) is 21.2. The second-order valence-corrected chi connectivity index (χ2v) is 9.11. The number of rotatable bonds is 7. The number of thiophene rings is 1. The van der Waals surface area contributed by atoms with Gasteiger partial charge in [-0.25, -0.2) is 4.98 Å². The van der Waals surface area contributed by atoms with Crippen LogP contribution in [0.2, 0.25) is 0 Å². The normalized spacial score (nSPS) is 11.2. The molecule has 1 amide bonds. The van der Waals surface area contributed by atoms with Gasteiger partial charge in [-0.05, 0) is 35.0 Å². The Balaban J connectivity index is 1.39. The van der Waals surface area contributed by atoms with Gasteiger partial charge < -0.3 is 9.73 Å². The van der Waals surface area contributed by atoms with Gasteiger partial charge in [0.15, 0.2) is 5.16 Å². The molecule has 0 radical (unpaired) electrons. The number of nitrogens with zero attached hydrogens (tertiary/aromatic N) is 2. The summed E-state index contributed by atoms with van der Waals surface area (Å²) in [4.78, 5) is 31.2. The Kier molecular flexibility index (Phi) is 5.85. The van der Waals surface area contributed by atoms with Crippen LogP contribution in [-0.4, -0.2) is 21.2 Å². The van der Waals surface area contributed by atoms with E-state index in [9.17, 15) is 9.59 Å². The van der Waals surface area contributed by atoms with Crippen molar-refractivity contribution in [2.45, 2.75) is 11.7 Å².